The molecule has 0 aromatic heterocycles. The van der Waals surface area contributed by atoms with Crippen LogP contribution in [0.5, 0.6) is 0 Å². The highest BCUT2D eigenvalue weighted by Gasteiger charge is 2.55. The van der Waals surface area contributed by atoms with Crippen LogP contribution < -0.4 is 5.32 Å². The van der Waals surface area contributed by atoms with Gasteiger partial charge in [-0.15, -0.1) is 23.5 Å². The lowest BCUT2D eigenvalue weighted by atomic mass is 9.67. The fourth-order valence-electron chi connectivity index (χ4n) is 4.96. The van der Waals surface area contributed by atoms with E-state index < -0.39 is 0 Å². The van der Waals surface area contributed by atoms with Crippen LogP contribution in [-0.2, 0) is 14.3 Å². The Balaban J connectivity index is 1.32. The van der Waals surface area contributed by atoms with Crippen LogP contribution in [0.3, 0.4) is 0 Å². The second-order valence-corrected chi connectivity index (χ2v) is 10.9. The molecule has 1 aliphatic heterocycles. The molecule has 1 spiro atoms. The first-order chi connectivity index (χ1) is 13.1. The molecule has 146 valence electrons. The third-order valence-electron chi connectivity index (χ3n) is 6.22. The Labute approximate surface area is 169 Å². The molecule has 1 heterocycles. The lowest BCUT2D eigenvalue weighted by Crippen LogP contribution is -2.48. The fourth-order valence-corrected chi connectivity index (χ4v) is 8.89. The van der Waals surface area contributed by atoms with Crippen LogP contribution in [0.2, 0.25) is 0 Å². The van der Waals surface area contributed by atoms with E-state index >= 15 is 0 Å². The van der Waals surface area contributed by atoms with E-state index in [4.69, 9.17) is 4.74 Å². The number of nitrogens with one attached hydrogen (secondary N) is 1. The van der Waals surface area contributed by atoms with Crippen molar-refractivity contribution in [3.05, 3.63) is 29.8 Å². The van der Waals surface area contributed by atoms with Crippen molar-refractivity contribution in [1.29, 1.82) is 0 Å². The van der Waals surface area contributed by atoms with Gasteiger partial charge < -0.3 is 10.1 Å². The molecule has 2 saturated carbocycles. The quantitative estimate of drug-likeness (QED) is 0.749. The summed E-state index contributed by atoms with van der Waals surface area (Å²) in [6, 6.07) is 7.61. The average Bonchev–Trinajstić information content (AvgIpc) is 3.11. The molecule has 1 aromatic rings. The van der Waals surface area contributed by atoms with Gasteiger partial charge in [0.05, 0.1) is 10.00 Å². The van der Waals surface area contributed by atoms with Gasteiger partial charge in [0.2, 0.25) is 0 Å². The Hall–Kier alpha value is -1.14. The van der Waals surface area contributed by atoms with E-state index in [9.17, 15) is 9.59 Å². The lowest BCUT2D eigenvalue weighted by Gasteiger charge is -2.51. The Morgan fingerprint density at radius 1 is 1.15 bits per heavy atom. The molecule has 4 nitrogen and oxygen atoms in total. The number of rotatable bonds is 4. The molecule has 4 rings (SSSR count). The molecule has 27 heavy (non-hydrogen) atoms. The highest BCUT2D eigenvalue weighted by Crippen LogP contribution is 2.64. The van der Waals surface area contributed by atoms with Crippen LogP contribution in [-0.4, -0.2) is 34.1 Å². The van der Waals surface area contributed by atoms with E-state index in [-0.39, 0.29) is 24.4 Å². The average molecular weight is 406 g/mol. The minimum Gasteiger partial charge on any atom is -0.455 e. The zero-order valence-electron chi connectivity index (χ0n) is 15.7. The summed E-state index contributed by atoms with van der Waals surface area (Å²) in [4.78, 5) is 24.8. The van der Waals surface area contributed by atoms with Gasteiger partial charge in [0.25, 0.3) is 5.91 Å². The molecular weight excluding hydrogens is 378 g/mol. The first-order valence-electron chi connectivity index (χ1n) is 9.88. The van der Waals surface area contributed by atoms with Crippen LogP contribution >= 0.6 is 23.5 Å². The molecule has 1 aromatic carbocycles. The number of carbonyl (C=O) groups excluding carboxylic acids is 2. The van der Waals surface area contributed by atoms with Crippen molar-refractivity contribution < 1.29 is 14.3 Å². The van der Waals surface area contributed by atoms with Gasteiger partial charge in [-0.05, 0) is 56.1 Å². The van der Waals surface area contributed by atoms with Crippen molar-refractivity contribution in [2.45, 2.75) is 43.1 Å². The number of hydrogen-bond acceptors (Lipinski definition) is 5. The van der Waals surface area contributed by atoms with Crippen molar-refractivity contribution in [3.8, 4) is 0 Å². The first-order valence-corrected chi connectivity index (χ1v) is 11.9. The maximum atomic E-state index is 12.6. The Morgan fingerprint density at radius 2 is 1.81 bits per heavy atom. The summed E-state index contributed by atoms with van der Waals surface area (Å²) in [6.45, 7) is 1.74. The van der Waals surface area contributed by atoms with Crippen molar-refractivity contribution in [2.75, 3.05) is 23.4 Å². The van der Waals surface area contributed by atoms with Crippen molar-refractivity contribution >= 4 is 41.1 Å². The zero-order chi connectivity index (χ0) is 18.9. The maximum Gasteiger partial charge on any atom is 0.309 e. The van der Waals surface area contributed by atoms with E-state index in [1.54, 1.807) is 0 Å². The molecule has 3 fully saturated rings. The molecule has 0 unspecified atom stereocenters. The van der Waals surface area contributed by atoms with Gasteiger partial charge in [-0.25, -0.2) is 0 Å². The topological polar surface area (TPSA) is 55.4 Å². The molecule has 3 aliphatic rings. The van der Waals surface area contributed by atoms with E-state index in [1.807, 2.05) is 31.2 Å². The van der Waals surface area contributed by atoms with Crippen LogP contribution in [0.1, 0.15) is 37.7 Å². The molecule has 1 amide bonds. The molecule has 2 aliphatic carbocycles. The van der Waals surface area contributed by atoms with Crippen molar-refractivity contribution in [3.63, 3.8) is 0 Å². The Bertz CT molecular complexity index is 701. The second-order valence-electron chi connectivity index (χ2n) is 7.88. The largest absolute Gasteiger partial charge is 0.455 e. The number of ether oxygens (including phenoxy) is 1. The monoisotopic (exact) mass is 405 g/mol. The molecule has 6 heteroatoms. The van der Waals surface area contributed by atoms with Gasteiger partial charge in [0.1, 0.15) is 0 Å². The number of amides is 1. The van der Waals surface area contributed by atoms with E-state index in [0.717, 1.165) is 24.1 Å². The van der Waals surface area contributed by atoms with Crippen molar-refractivity contribution in [2.24, 2.45) is 17.8 Å². The Kier molecular flexibility index (Phi) is 5.74. The predicted molar refractivity (Wildman–Crippen MR) is 112 cm³/mol. The number of aryl methyl sites for hydroxylation is 1. The van der Waals surface area contributed by atoms with Gasteiger partial charge in [-0.2, -0.15) is 0 Å². The SMILES string of the molecule is Cc1ccccc1NC(=O)COC(=O)C1C[C@H]2CCC[C@H](C1)C21SCCS1. The number of hydrogen-bond donors (Lipinski definition) is 1. The van der Waals surface area contributed by atoms with Crippen LogP contribution in [0, 0.1) is 24.7 Å². The minimum atomic E-state index is -0.271. The summed E-state index contributed by atoms with van der Waals surface area (Å²) in [5, 5.41) is 2.83. The van der Waals surface area contributed by atoms with Gasteiger partial charge in [0, 0.05) is 17.2 Å². The second kappa shape index (κ2) is 8.08. The number of anilines is 1. The number of benzene rings is 1. The minimum absolute atomic E-state index is 0.0426. The van der Waals surface area contributed by atoms with E-state index in [0.29, 0.717) is 15.9 Å². The lowest BCUT2D eigenvalue weighted by molar-refractivity contribution is -0.154. The summed E-state index contributed by atoms with van der Waals surface area (Å²) in [6.07, 6.45) is 5.60. The highest BCUT2D eigenvalue weighted by atomic mass is 32.2. The number of carbonyl (C=O) groups is 2. The molecule has 2 bridgehead atoms. The summed E-state index contributed by atoms with van der Waals surface area (Å²) < 4.78 is 5.77. The molecule has 0 radical (unpaired) electrons. The maximum absolute atomic E-state index is 12.6. The number of para-hydroxylation sites is 1. The predicted octanol–water partition coefficient (Wildman–Crippen LogP) is 4.48. The molecular formula is C21H27NO3S2. The third-order valence-corrected chi connectivity index (χ3v) is 10.2. The van der Waals surface area contributed by atoms with Gasteiger partial charge in [0.15, 0.2) is 6.61 Å². The van der Waals surface area contributed by atoms with Crippen molar-refractivity contribution in [1.82, 2.24) is 0 Å². The number of esters is 1. The van der Waals surface area contributed by atoms with Gasteiger partial charge in [-0.3, -0.25) is 9.59 Å². The first kappa shape index (κ1) is 19.2. The van der Waals surface area contributed by atoms with Crippen LogP contribution in [0.15, 0.2) is 24.3 Å². The van der Waals surface area contributed by atoms with Crippen LogP contribution in [0.25, 0.3) is 0 Å². The molecule has 2 atom stereocenters. The molecule has 1 saturated heterocycles. The normalized spacial score (nSPS) is 28.7. The van der Waals surface area contributed by atoms with Crippen LogP contribution in [0.4, 0.5) is 5.69 Å². The van der Waals surface area contributed by atoms with E-state index in [2.05, 4.69) is 28.8 Å². The standard InChI is InChI=1S/C21H27NO3S2/c1-14-5-2-3-8-18(14)22-19(23)13-25-20(24)15-11-16-6-4-7-17(12-15)21(16)26-9-10-27-21/h2-3,5,8,15-17H,4,6-7,9-13H2,1H3,(H,22,23)/t16-,17-/m1/s1. The summed E-state index contributed by atoms with van der Waals surface area (Å²) in [7, 11) is 0. The van der Waals surface area contributed by atoms with Gasteiger partial charge >= 0.3 is 5.97 Å². The van der Waals surface area contributed by atoms with Gasteiger partial charge in [-0.1, -0.05) is 24.6 Å². The summed E-state index contributed by atoms with van der Waals surface area (Å²) >= 11 is 4.28. The summed E-state index contributed by atoms with van der Waals surface area (Å²) in [5.74, 6) is 3.21. The molecule has 1 N–H and O–H groups in total. The smallest absolute Gasteiger partial charge is 0.309 e. The highest BCUT2D eigenvalue weighted by molar-refractivity contribution is 8.21. The fraction of sp³-hybridized carbons (Fsp3) is 0.619. The Morgan fingerprint density at radius 3 is 2.48 bits per heavy atom. The zero-order valence-corrected chi connectivity index (χ0v) is 17.4. The third kappa shape index (κ3) is 3.88. The summed E-state index contributed by atoms with van der Waals surface area (Å²) in [5.41, 5.74) is 1.76. The number of thioether (sulfide) groups is 2. The van der Waals surface area contributed by atoms with E-state index in [1.165, 1.54) is 30.8 Å².